The first-order chi connectivity index (χ1) is 11.2. The highest BCUT2D eigenvalue weighted by molar-refractivity contribution is 6.33. The Kier molecular flexibility index (Phi) is 5.83. The molecule has 24 heavy (non-hydrogen) atoms. The largest absolute Gasteiger partial charge is 0.444 e. The molecule has 1 fully saturated rings. The fourth-order valence-corrected chi connectivity index (χ4v) is 2.94. The Hall–Kier alpha value is -1.66. The minimum atomic E-state index is -0.565. The lowest BCUT2D eigenvalue weighted by Gasteiger charge is -2.36. The number of rotatable bonds is 3. The minimum absolute atomic E-state index is 0.418. The quantitative estimate of drug-likeness (QED) is 0.814. The molecule has 3 N–H and O–H groups in total. The summed E-state index contributed by atoms with van der Waals surface area (Å²) >= 11 is 6.37. The Morgan fingerprint density at radius 3 is 2.46 bits per heavy atom. The average molecular weight is 355 g/mol. The summed E-state index contributed by atoms with van der Waals surface area (Å²) in [6, 6.07) is 3.50. The number of hydrogen-bond acceptors (Lipinski definition) is 5. The first-order valence-electron chi connectivity index (χ1n) is 8.26. The highest BCUT2D eigenvalue weighted by Gasteiger charge is 2.21. The molecule has 0 bridgehead atoms. The van der Waals surface area contributed by atoms with Gasteiger partial charge in [0.2, 0.25) is 0 Å². The van der Waals surface area contributed by atoms with Crippen molar-refractivity contribution in [2.75, 3.05) is 48.7 Å². The molecule has 1 heterocycles. The number of ether oxygens (including phenoxy) is 1. The molecule has 0 unspecified atom stereocenters. The van der Waals surface area contributed by atoms with Gasteiger partial charge in [-0.25, -0.2) is 4.79 Å². The van der Waals surface area contributed by atoms with Crippen molar-refractivity contribution in [2.45, 2.75) is 33.3 Å². The lowest BCUT2D eigenvalue weighted by Crippen LogP contribution is -2.46. The standard InChI is InChI=1S/C17H27ClN4O2/c1-5-21-6-8-22(9-7-21)15-11-14(13(19)10-12(15)18)20-16(23)24-17(2,3)4/h10-11H,5-9,19H2,1-4H3,(H,20,23). The Labute approximate surface area is 148 Å². The molecule has 0 aliphatic carbocycles. The van der Waals surface area contributed by atoms with Crippen molar-refractivity contribution in [3.8, 4) is 0 Å². The molecule has 134 valence electrons. The number of nitrogen functional groups attached to an aromatic ring is 1. The van der Waals surface area contributed by atoms with Crippen molar-refractivity contribution in [3.63, 3.8) is 0 Å². The summed E-state index contributed by atoms with van der Waals surface area (Å²) < 4.78 is 5.28. The van der Waals surface area contributed by atoms with E-state index in [1.165, 1.54) is 0 Å². The first kappa shape index (κ1) is 18.7. The van der Waals surface area contributed by atoms with Crippen LogP contribution in [0.1, 0.15) is 27.7 Å². The molecule has 0 saturated carbocycles. The van der Waals surface area contributed by atoms with Gasteiger partial charge in [-0.1, -0.05) is 18.5 Å². The number of nitrogens with two attached hydrogens (primary N) is 1. The second-order valence-corrected chi connectivity index (χ2v) is 7.35. The topological polar surface area (TPSA) is 70.8 Å². The number of carbonyl (C=O) groups excluding carboxylic acids is 1. The van der Waals surface area contributed by atoms with E-state index in [4.69, 9.17) is 22.1 Å². The number of carbonyl (C=O) groups is 1. The zero-order valence-electron chi connectivity index (χ0n) is 14.9. The number of hydrogen-bond donors (Lipinski definition) is 2. The molecule has 1 saturated heterocycles. The molecule has 7 heteroatoms. The van der Waals surface area contributed by atoms with Crippen molar-refractivity contribution in [2.24, 2.45) is 0 Å². The summed E-state index contributed by atoms with van der Waals surface area (Å²) in [5.41, 5.74) is 7.24. The molecule has 2 rings (SSSR count). The highest BCUT2D eigenvalue weighted by atomic mass is 35.5. The molecular formula is C17H27ClN4O2. The number of likely N-dealkylation sites (N-methyl/N-ethyl adjacent to an activating group) is 1. The fraction of sp³-hybridized carbons (Fsp3) is 0.588. The van der Waals surface area contributed by atoms with E-state index in [9.17, 15) is 4.79 Å². The highest BCUT2D eigenvalue weighted by Crippen LogP contribution is 2.34. The van der Waals surface area contributed by atoms with Crippen molar-refractivity contribution in [1.29, 1.82) is 0 Å². The zero-order chi connectivity index (χ0) is 17.9. The van der Waals surface area contributed by atoms with Crippen LogP contribution in [-0.4, -0.2) is 49.3 Å². The molecule has 0 spiro atoms. The van der Waals surface area contributed by atoms with E-state index < -0.39 is 11.7 Å². The first-order valence-corrected chi connectivity index (χ1v) is 8.63. The molecule has 6 nitrogen and oxygen atoms in total. The predicted octanol–water partition coefficient (Wildman–Crippen LogP) is 3.41. The monoisotopic (exact) mass is 354 g/mol. The van der Waals surface area contributed by atoms with Crippen LogP contribution in [0.2, 0.25) is 5.02 Å². The molecule has 1 aliphatic heterocycles. The van der Waals surface area contributed by atoms with Crippen LogP contribution in [0, 0.1) is 0 Å². The molecular weight excluding hydrogens is 328 g/mol. The van der Waals surface area contributed by atoms with Gasteiger partial charge in [-0.15, -0.1) is 0 Å². The van der Waals surface area contributed by atoms with Gasteiger partial charge in [0.25, 0.3) is 0 Å². The number of halogens is 1. The van der Waals surface area contributed by atoms with Crippen LogP contribution in [0.3, 0.4) is 0 Å². The van der Waals surface area contributed by atoms with Gasteiger partial charge in [0.05, 0.1) is 22.1 Å². The van der Waals surface area contributed by atoms with Gasteiger partial charge in [-0.3, -0.25) is 5.32 Å². The van der Waals surface area contributed by atoms with Gasteiger partial charge < -0.3 is 20.3 Å². The Bertz CT molecular complexity index is 593. The molecule has 1 amide bonds. The summed E-state index contributed by atoms with van der Waals surface area (Å²) in [5, 5.41) is 3.30. The zero-order valence-corrected chi connectivity index (χ0v) is 15.6. The predicted molar refractivity (Wildman–Crippen MR) is 100 cm³/mol. The van der Waals surface area contributed by atoms with Crippen LogP contribution in [0.5, 0.6) is 0 Å². The molecule has 1 aliphatic rings. The SMILES string of the molecule is CCN1CCN(c2cc(NC(=O)OC(C)(C)C)c(N)cc2Cl)CC1. The second-order valence-electron chi connectivity index (χ2n) is 6.94. The third-order valence-electron chi connectivity index (χ3n) is 3.91. The third-order valence-corrected chi connectivity index (χ3v) is 4.22. The Morgan fingerprint density at radius 2 is 1.92 bits per heavy atom. The van der Waals surface area contributed by atoms with Crippen molar-refractivity contribution >= 4 is 34.8 Å². The van der Waals surface area contributed by atoms with Crippen LogP contribution in [0.4, 0.5) is 21.9 Å². The summed E-state index contributed by atoms with van der Waals surface area (Å²) in [7, 11) is 0. The van der Waals surface area contributed by atoms with Gasteiger partial charge >= 0.3 is 6.09 Å². The van der Waals surface area contributed by atoms with Crippen LogP contribution < -0.4 is 16.0 Å². The van der Waals surface area contributed by atoms with Gasteiger partial charge in [0, 0.05) is 26.2 Å². The number of piperazine rings is 1. The van der Waals surface area contributed by atoms with E-state index in [1.807, 2.05) is 26.8 Å². The lowest BCUT2D eigenvalue weighted by atomic mass is 10.2. The number of nitrogens with zero attached hydrogens (tertiary/aromatic N) is 2. The summed E-state index contributed by atoms with van der Waals surface area (Å²) in [5.74, 6) is 0. The molecule has 1 aromatic carbocycles. The molecule has 0 radical (unpaired) electrons. The Balaban J connectivity index is 2.15. The lowest BCUT2D eigenvalue weighted by molar-refractivity contribution is 0.0636. The number of benzene rings is 1. The van der Waals surface area contributed by atoms with E-state index in [1.54, 1.807) is 6.07 Å². The van der Waals surface area contributed by atoms with E-state index in [2.05, 4.69) is 22.0 Å². The Morgan fingerprint density at radius 1 is 1.29 bits per heavy atom. The van der Waals surface area contributed by atoms with E-state index in [0.717, 1.165) is 38.4 Å². The van der Waals surface area contributed by atoms with Crippen molar-refractivity contribution in [3.05, 3.63) is 17.2 Å². The van der Waals surface area contributed by atoms with Crippen molar-refractivity contribution in [1.82, 2.24) is 4.90 Å². The van der Waals surface area contributed by atoms with Crippen LogP contribution in [0.25, 0.3) is 0 Å². The van der Waals surface area contributed by atoms with E-state index in [0.29, 0.717) is 16.4 Å². The van der Waals surface area contributed by atoms with Gasteiger partial charge in [-0.2, -0.15) is 0 Å². The summed E-state index contributed by atoms with van der Waals surface area (Å²) in [6.07, 6.45) is -0.529. The maximum absolute atomic E-state index is 12.0. The molecule has 0 aromatic heterocycles. The van der Waals surface area contributed by atoms with Gasteiger partial charge in [-0.05, 0) is 39.4 Å². The van der Waals surface area contributed by atoms with Gasteiger partial charge in [0.15, 0.2) is 0 Å². The number of nitrogens with one attached hydrogen (secondary N) is 1. The maximum atomic E-state index is 12.0. The minimum Gasteiger partial charge on any atom is -0.444 e. The normalized spacial score (nSPS) is 16.1. The molecule has 0 atom stereocenters. The third kappa shape index (κ3) is 4.92. The number of anilines is 3. The van der Waals surface area contributed by atoms with Crippen LogP contribution in [-0.2, 0) is 4.74 Å². The average Bonchev–Trinajstić information content (AvgIpc) is 2.48. The van der Waals surface area contributed by atoms with Gasteiger partial charge in [0.1, 0.15) is 5.60 Å². The molecule has 1 aromatic rings. The van der Waals surface area contributed by atoms with Crippen LogP contribution >= 0.6 is 11.6 Å². The second kappa shape index (κ2) is 7.49. The summed E-state index contributed by atoms with van der Waals surface area (Å²) in [6.45, 7) is 12.4. The number of amides is 1. The maximum Gasteiger partial charge on any atom is 0.412 e. The summed E-state index contributed by atoms with van der Waals surface area (Å²) in [4.78, 5) is 16.6. The van der Waals surface area contributed by atoms with E-state index in [-0.39, 0.29) is 0 Å². The van der Waals surface area contributed by atoms with Crippen molar-refractivity contribution < 1.29 is 9.53 Å². The van der Waals surface area contributed by atoms with Crippen LogP contribution in [0.15, 0.2) is 12.1 Å². The smallest absolute Gasteiger partial charge is 0.412 e. The van der Waals surface area contributed by atoms with E-state index >= 15 is 0 Å². The fourth-order valence-electron chi connectivity index (χ4n) is 2.65.